The van der Waals surface area contributed by atoms with Crippen LogP contribution >= 0.6 is 0 Å². The summed E-state index contributed by atoms with van der Waals surface area (Å²) in [6, 6.07) is 47.8. The fourth-order valence-corrected chi connectivity index (χ4v) is 9.20. The number of aryl methyl sites for hydroxylation is 3. The molecule has 0 amide bonds. The SMILES string of the molecule is [2H]C([2H])([2H])c1cc(C)c(-c2n(-c3c(C(C)C)cccc3C(C)C)c3ccccc3[n+]2C)c(C)c1-c1ccc(-c2ccc3c(c2)c2ccccc2n3-c2ccccc2)cc1O. The molecule has 282 valence electrons. The summed E-state index contributed by atoms with van der Waals surface area (Å²) in [5, 5.41) is 14.3. The van der Waals surface area contributed by atoms with Gasteiger partial charge in [-0.2, -0.15) is 4.57 Å². The van der Waals surface area contributed by atoms with Crippen molar-refractivity contribution < 1.29 is 13.8 Å². The number of aromatic hydroxyl groups is 1. The monoisotopic (exact) mass is 747 g/mol. The Labute approximate surface area is 340 Å². The zero-order valence-corrected chi connectivity index (χ0v) is 33.7. The van der Waals surface area contributed by atoms with Crippen LogP contribution in [0.5, 0.6) is 5.75 Å². The minimum atomic E-state index is -2.43. The van der Waals surface area contributed by atoms with E-state index in [0.717, 1.165) is 77.9 Å². The quantitative estimate of drug-likeness (QED) is 0.162. The molecule has 57 heavy (non-hydrogen) atoms. The van der Waals surface area contributed by atoms with Crippen molar-refractivity contribution in [2.75, 3.05) is 0 Å². The number of rotatable bonds is 7. The number of benzene rings is 7. The molecule has 9 rings (SSSR count). The normalized spacial score (nSPS) is 12.9. The predicted molar refractivity (Wildman–Crippen MR) is 239 cm³/mol. The lowest BCUT2D eigenvalue weighted by Crippen LogP contribution is -2.31. The third kappa shape index (κ3) is 5.77. The lowest BCUT2D eigenvalue weighted by Gasteiger charge is -2.21. The van der Waals surface area contributed by atoms with Gasteiger partial charge in [-0.3, -0.25) is 0 Å². The Bertz CT molecular complexity index is 3110. The van der Waals surface area contributed by atoms with Crippen molar-refractivity contribution >= 4 is 32.8 Å². The van der Waals surface area contributed by atoms with Crippen LogP contribution in [0.4, 0.5) is 0 Å². The van der Waals surface area contributed by atoms with Crippen molar-refractivity contribution in [3.8, 4) is 50.8 Å². The molecule has 0 unspecified atom stereocenters. The van der Waals surface area contributed by atoms with Gasteiger partial charge < -0.3 is 9.67 Å². The molecule has 0 saturated heterocycles. The number of hydrogen-bond acceptors (Lipinski definition) is 1. The number of aromatic nitrogens is 3. The van der Waals surface area contributed by atoms with E-state index in [1.54, 1.807) is 6.07 Å². The Balaban J connectivity index is 1.26. The number of para-hydroxylation sites is 5. The van der Waals surface area contributed by atoms with Crippen LogP contribution in [0.1, 0.15) is 71.5 Å². The molecule has 0 aliphatic rings. The fourth-order valence-electron chi connectivity index (χ4n) is 9.20. The van der Waals surface area contributed by atoms with E-state index in [2.05, 4.69) is 158 Å². The van der Waals surface area contributed by atoms with E-state index < -0.39 is 6.85 Å². The second kappa shape index (κ2) is 14.0. The van der Waals surface area contributed by atoms with Gasteiger partial charge >= 0.3 is 0 Å². The first-order chi connectivity index (χ1) is 28.8. The summed E-state index contributed by atoms with van der Waals surface area (Å²) in [4.78, 5) is 0. The van der Waals surface area contributed by atoms with E-state index in [0.29, 0.717) is 11.1 Å². The number of phenolic OH excluding ortho intramolecular Hbond substituents is 1. The fraction of sp³-hybridized carbons (Fsp3) is 0.189. The molecule has 0 saturated carbocycles. The number of nitrogens with zero attached hydrogens (tertiary/aromatic N) is 3. The van der Waals surface area contributed by atoms with Crippen molar-refractivity contribution in [1.82, 2.24) is 9.13 Å². The molecule has 4 heteroatoms. The van der Waals surface area contributed by atoms with Crippen molar-refractivity contribution in [3.05, 3.63) is 167 Å². The van der Waals surface area contributed by atoms with Gasteiger partial charge in [0, 0.05) is 37.3 Å². The van der Waals surface area contributed by atoms with E-state index in [4.69, 9.17) is 4.11 Å². The summed E-state index contributed by atoms with van der Waals surface area (Å²) >= 11 is 0. The Morgan fingerprint density at radius 2 is 1.21 bits per heavy atom. The van der Waals surface area contributed by atoms with Crippen LogP contribution in [-0.2, 0) is 7.05 Å². The summed E-state index contributed by atoms with van der Waals surface area (Å²) in [5.41, 5.74) is 14.7. The maximum absolute atomic E-state index is 12.1. The van der Waals surface area contributed by atoms with Gasteiger partial charge in [-0.15, -0.1) is 0 Å². The first-order valence-corrected chi connectivity index (χ1v) is 20.0. The zero-order valence-electron chi connectivity index (χ0n) is 36.7. The number of phenols is 1. The van der Waals surface area contributed by atoms with Crippen molar-refractivity contribution in [2.24, 2.45) is 7.05 Å². The third-order valence-corrected chi connectivity index (χ3v) is 11.9. The van der Waals surface area contributed by atoms with E-state index in [1.807, 2.05) is 38.1 Å². The highest BCUT2D eigenvalue weighted by atomic mass is 16.3. The van der Waals surface area contributed by atoms with Crippen molar-refractivity contribution in [1.29, 1.82) is 0 Å². The minimum absolute atomic E-state index is 0.0277. The number of imidazole rings is 1. The van der Waals surface area contributed by atoms with Crippen LogP contribution in [0, 0.1) is 20.7 Å². The molecule has 0 atom stereocenters. The standard InChI is InChI=1S/C53H49N3O/c1-32(2)40-20-16-21-41(33(3)4)52(40)56-48-24-15-14-23-47(48)54(8)53(56)51-35(6)29-34(5)50(36(51)7)43-27-25-38(31-49(43)57)37-26-28-46-44(30-37)42-19-12-13-22-45(42)55(46)39-17-10-9-11-18-39/h9-33H,1-8H3/p+1/i5D3. The molecule has 0 bridgehead atoms. The first kappa shape index (κ1) is 32.8. The van der Waals surface area contributed by atoms with Crippen LogP contribution in [0.2, 0.25) is 0 Å². The molecule has 1 N–H and O–H groups in total. The van der Waals surface area contributed by atoms with Gasteiger partial charge in [0.2, 0.25) is 0 Å². The Kier molecular flexibility index (Phi) is 8.04. The highest BCUT2D eigenvalue weighted by Crippen LogP contribution is 2.44. The third-order valence-electron chi connectivity index (χ3n) is 11.9. The van der Waals surface area contributed by atoms with Crippen molar-refractivity contribution in [2.45, 2.75) is 60.2 Å². The smallest absolute Gasteiger partial charge is 0.295 e. The van der Waals surface area contributed by atoms with Gasteiger partial charge in [-0.1, -0.05) is 119 Å². The molecule has 7 aromatic carbocycles. The van der Waals surface area contributed by atoms with E-state index in [1.165, 1.54) is 11.1 Å². The Morgan fingerprint density at radius 1 is 0.579 bits per heavy atom. The molecule has 9 aromatic rings. The van der Waals surface area contributed by atoms with Crippen LogP contribution in [-0.4, -0.2) is 14.2 Å². The first-order valence-electron chi connectivity index (χ1n) is 21.5. The molecule has 0 aliphatic heterocycles. The predicted octanol–water partition coefficient (Wildman–Crippen LogP) is 13.4. The largest absolute Gasteiger partial charge is 0.507 e. The van der Waals surface area contributed by atoms with Crippen LogP contribution in [0.25, 0.3) is 77.9 Å². The van der Waals surface area contributed by atoms with E-state index >= 15 is 0 Å². The molecule has 2 aromatic heterocycles. The molecule has 2 heterocycles. The maximum atomic E-state index is 12.1. The van der Waals surface area contributed by atoms with Gasteiger partial charge in [-0.05, 0) is 114 Å². The van der Waals surface area contributed by atoms with Gasteiger partial charge in [-0.25, -0.2) is 4.57 Å². The Hall–Kier alpha value is -6.39. The molecular formula is C53H50N3O+. The highest BCUT2D eigenvalue weighted by molar-refractivity contribution is 6.10. The summed E-state index contributed by atoms with van der Waals surface area (Å²) in [5.74, 6) is 1.50. The summed E-state index contributed by atoms with van der Waals surface area (Å²) in [7, 11) is 2.10. The number of fused-ring (bicyclic) bond motifs is 4. The second-order valence-corrected chi connectivity index (χ2v) is 16.1. The molecular weight excluding hydrogens is 695 g/mol. The van der Waals surface area contributed by atoms with Crippen LogP contribution < -0.4 is 4.57 Å². The molecule has 0 radical (unpaired) electrons. The average molecular weight is 748 g/mol. The Morgan fingerprint density at radius 3 is 1.91 bits per heavy atom. The topological polar surface area (TPSA) is 34.0 Å². The van der Waals surface area contributed by atoms with E-state index in [9.17, 15) is 5.11 Å². The van der Waals surface area contributed by atoms with Gasteiger partial charge in [0.05, 0.1) is 23.6 Å². The summed E-state index contributed by atoms with van der Waals surface area (Å²) < 4.78 is 33.3. The molecule has 0 aliphatic carbocycles. The maximum Gasteiger partial charge on any atom is 0.295 e. The van der Waals surface area contributed by atoms with Gasteiger partial charge in [0.15, 0.2) is 11.0 Å². The second-order valence-electron chi connectivity index (χ2n) is 16.1. The summed E-state index contributed by atoms with van der Waals surface area (Å²) in [6.07, 6.45) is 0. The highest BCUT2D eigenvalue weighted by Gasteiger charge is 2.33. The van der Waals surface area contributed by atoms with Gasteiger partial charge in [0.1, 0.15) is 11.4 Å². The lowest BCUT2D eigenvalue weighted by molar-refractivity contribution is -0.633. The number of hydrogen-bond donors (Lipinski definition) is 1. The van der Waals surface area contributed by atoms with Crippen LogP contribution in [0.3, 0.4) is 0 Å². The van der Waals surface area contributed by atoms with Crippen LogP contribution in [0.15, 0.2) is 140 Å². The molecule has 0 fully saturated rings. The van der Waals surface area contributed by atoms with E-state index in [-0.39, 0.29) is 23.1 Å². The summed E-state index contributed by atoms with van der Waals surface area (Å²) in [6.45, 7) is 10.5. The average Bonchev–Trinajstić information content (AvgIpc) is 3.71. The molecule has 0 spiro atoms. The minimum Gasteiger partial charge on any atom is -0.507 e. The van der Waals surface area contributed by atoms with Gasteiger partial charge in [0.25, 0.3) is 5.82 Å². The lowest BCUT2D eigenvalue weighted by atomic mass is 9.87. The zero-order chi connectivity index (χ0) is 42.2. The van der Waals surface area contributed by atoms with Crippen molar-refractivity contribution in [3.63, 3.8) is 0 Å². The molecule has 4 nitrogen and oxygen atoms in total.